The molecule has 1 aliphatic carbocycles. The molecule has 0 radical (unpaired) electrons. The fraction of sp³-hybridized carbons (Fsp3) is 0.364. The number of anilines is 2. The van der Waals surface area contributed by atoms with Gasteiger partial charge in [-0.1, -0.05) is 49.3 Å². The second-order valence-electron chi connectivity index (χ2n) is 12.1. The average molecular weight is 596 g/mol. The van der Waals surface area contributed by atoms with Crippen LogP contribution in [0.2, 0.25) is 0 Å². The van der Waals surface area contributed by atoms with E-state index in [0.717, 1.165) is 42.6 Å². The van der Waals surface area contributed by atoms with E-state index in [1.807, 2.05) is 30.3 Å². The van der Waals surface area contributed by atoms with Gasteiger partial charge < -0.3 is 30.1 Å². The molecule has 2 aromatic heterocycles. The van der Waals surface area contributed by atoms with Crippen molar-refractivity contribution in [1.82, 2.24) is 30.7 Å². The van der Waals surface area contributed by atoms with Gasteiger partial charge in [0, 0.05) is 35.5 Å². The van der Waals surface area contributed by atoms with Gasteiger partial charge in [-0.3, -0.25) is 9.59 Å². The largest absolute Gasteiger partial charge is 0.495 e. The fourth-order valence-corrected chi connectivity index (χ4v) is 5.83. The Morgan fingerprint density at radius 3 is 2.61 bits per heavy atom. The first-order valence-electron chi connectivity index (χ1n) is 14.8. The van der Waals surface area contributed by atoms with Gasteiger partial charge in [0.1, 0.15) is 11.4 Å². The molecule has 1 saturated heterocycles. The Hall–Kier alpha value is -4.77. The molecule has 1 fully saturated rings. The Bertz CT molecular complexity index is 1680. The number of piperidine rings is 1. The fourth-order valence-electron chi connectivity index (χ4n) is 5.83. The van der Waals surface area contributed by atoms with Crippen molar-refractivity contribution in [2.24, 2.45) is 0 Å². The van der Waals surface area contributed by atoms with Gasteiger partial charge in [0.05, 0.1) is 12.8 Å². The first-order chi connectivity index (χ1) is 21.2. The van der Waals surface area contributed by atoms with E-state index in [9.17, 15) is 9.59 Å². The SMILES string of the molecule is COc1cc(C(=O)NC2CCN(C)CC2)ccc1Nc1ncc2c(n1)-c1onc(C(=O)NCc3ccccc3)c1CC2(C)C. The van der Waals surface area contributed by atoms with Gasteiger partial charge in [0.25, 0.3) is 11.8 Å². The topological polar surface area (TPSA) is 135 Å². The molecule has 0 bridgehead atoms. The molecule has 6 rings (SSSR count). The van der Waals surface area contributed by atoms with E-state index in [4.69, 9.17) is 14.2 Å². The normalized spacial score (nSPS) is 16.0. The number of nitrogens with zero attached hydrogens (tertiary/aromatic N) is 4. The van der Waals surface area contributed by atoms with E-state index in [-0.39, 0.29) is 29.0 Å². The summed E-state index contributed by atoms with van der Waals surface area (Å²) in [5, 5.41) is 13.5. The van der Waals surface area contributed by atoms with Gasteiger partial charge in [-0.2, -0.15) is 0 Å². The van der Waals surface area contributed by atoms with Crippen LogP contribution in [0.5, 0.6) is 5.75 Å². The number of methoxy groups -OCH3 is 1. The molecule has 4 aromatic rings. The standard InChI is InChI=1S/C33H37N7O4/c1-33(2)17-23-27(31(42)34-18-20-8-6-5-7-9-20)39-44-29(23)28-24(33)19-35-32(38-28)37-25-11-10-21(16-26(25)43-4)30(41)36-22-12-14-40(3)15-13-22/h5-11,16,19,22H,12-15,17-18H2,1-4H3,(H,34,42)(H,36,41)(H,35,37,38). The van der Waals surface area contributed by atoms with Crippen LogP contribution in [0.4, 0.5) is 11.6 Å². The number of nitrogens with one attached hydrogen (secondary N) is 3. The zero-order valence-corrected chi connectivity index (χ0v) is 25.4. The number of rotatable bonds is 8. The van der Waals surface area contributed by atoms with Gasteiger partial charge in [-0.25, -0.2) is 9.97 Å². The van der Waals surface area contributed by atoms with Crippen LogP contribution in [0.25, 0.3) is 11.5 Å². The maximum atomic E-state index is 13.1. The number of hydrogen-bond donors (Lipinski definition) is 3. The van der Waals surface area contributed by atoms with E-state index >= 15 is 0 Å². The Labute approximate surface area is 256 Å². The number of amides is 2. The van der Waals surface area contributed by atoms with Crippen LogP contribution in [0, 0.1) is 0 Å². The van der Waals surface area contributed by atoms with E-state index in [0.29, 0.717) is 47.4 Å². The summed E-state index contributed by atoms with van der Waals surface area (Å²) in [7, 11) is 3.65. The molecular weight excluding hydrogens is 558 g/mol. The highest BCUT2D eigenvalue weighted by Crippen LogP contribution is 2.43. The lowest BCUT2D eigenvalue weighted by Crippen LogP contribution is -2.43. The van der Waals surface area contributed by atoms with Gasteiger partial charge >= 0.3 is 0 Å². The first-order valence-corrected chi connectivity index (χ1v) is 14.8. The van der Waals surface area contributed by atoms with Gasteiger partial charge in [0.15, 0.2) is 11.5 Å². The van der Waals surface area contributed by atoms with E-state index in [2.05, 4.69) is 51.9 Å². The quantitative estimate of drug-likeness (QED) is 0.270. The van der Waals surface area contributed by atoms with Crippen molar-refractivity contribution in [2.75, 3.05) is 32.6 Å². The number of ether oxygens (including phenoxy) is 1. The number of carbonyl (C=O) groups excluding carboxylic acids is 2. The molecule has 1 aliphatic heterocycles. The van der Waals surface area contributed by atoms with Crippen molar-refractivity contribution in [2.45, 2.75) is 51.1 Å². The average Bonchev–Trinajstić information content (AvgIpc) is 3.44. The molecule has 3 heterocycles. The second kappa shape index (κ2) is 12.1. The van der Waals surface area contributed by atoms with Crippen LogP contribution in [0.3, 0.4) is 0 Å². The zero-order chi connectivity index (χ0) is 30.8. The minimum absolute atomic E-state index is 0.127. The van der Waals surface area contributed by atoms with Crippen LogP contribution in [-0.4, -0.2) is 65.1 Å². The second-order valence-corrected chi connectivity index (χ2v) is 12.1. The molecule has 0 saturated carbocycles. The summed E-state index contributed by atoms with van der Waals surface area (Å²) in [6, 6.07) is 15.1. The zero-order valence-electron chi connectivity index (χ0n) is 25.4. The summed E-state index contributed by atoms with van der Waals surface area (Å²) in [4.78, 5) is 37.7. The lowest BCUT2D eigenvalue weighted by atomic mass is 9.74. The highest BCUT2D eigenvalue weighted by atomic mass is 16.5. The van der Waals surface area contributed by atoms with Crippen LogP contribution in [0.15, 0.2) is 59.3 Å². The minimum Gasteiger partial charge on any atom is -0.495 e. The maximum absolute atomic E-state index is 13.1. The maximum Gasteiger partial charge on any atom is 0.274 e. The van der Waals surface area contributed by atoms with Crippen LogP contribution in [0.1, 0.15) is 64.2 Å². The smallest absolute Gasteiger partial charge is 0.274 e. The molecule has 0 unspecified atom stereocenters. The number of hydrogen-bond acceptors (Lipinski definition) is 9. The summed E-state index contributed by atoms with van der Waals surface area (Å²) < 4.78 is 11.4. The molecule has 0 spiro atoms. The third kappa shape index (κ3) is 6.00. The molecule has 44 heavy (non-hydrogen) atoms. The molecule has 0 atom stereocenters. The lowest BCUT2D eigenvalue weighted by molar-refractivity contribution is 0.0914. The van der Waals surface area contributed by atoms with Crippen molar-refractivity contribution in [3.05, 3.63) is 82.7 Å². The van der Waals surface area contributed by atoms with Crippen molar-refractivity contribution >= 4 is 23.5 Å². The van der Waals surface area contributed by atoms with E-state index < -0.39 is 0 Å². The molecule has 11 nitrogen and oxygen atoms in total. The van der Waals surface area contributed by atoms with E-state index in [1.165, 1.54) is 0 Å². The number of carbonyl (C=O) groups is 2. The predicted molar refractivity (Wildman–Crippen MR) is 166 cm³/mol. The Morgan fingerprint density at radius 2 is 1.86 bits per heavy atom. The molecule has 228 valence electrons. The van der Waals surface area contributed by atoms with Gasteiger partial charge in [-0.15, -0.1) is 0 Å². The molecule has 2 aliphatic rings. The van der Waals surface area contributed by atoms with Gasteiger partial charge in [0.2, 0.25) is 5.95 Å². The Morgan fingerprint density at radius 1 is 1.09 bits per heavy atom. The number of likely N-dealkylation sites (tertiary alicyclic amines) is 1. The molecule has 3 N–H and O–H groups in total. The van der Waals surface area contributed by atoms with E-state index in [1.54, 1.807) is 31.5 Å². The van der Waals surface area contributed by atoms with Crippen LogP contribution >= 0.6 is 0 Å². The summed E-state index contributed by atoms with van der Waals surface area (Å²) in [5.74, 6) is 0.844. The van der Waals surface area contributed by atoms with Crippen LogP contribution in [-0.2, 0) is 18.4 Å². The summed E-state index contributed by atoms with van der Waals surface area (Å²) in [6.45, 7) is 6.49. The monoisotopic (exact) mass is 595 g/mol. The van der Waals surface area contributed by atoms with Crippen molar-refractivity contribution in [1.29, 1.82) is 0 Å². The van der Waals surface area contributed by atoms with Crippen molar-refractivity contribution in [3.63, 3.8) is 0 Å². The number of benzene rings is 2. The van der Waals surface area contributed by atoms with Crippen molar-refractivity contribution in [3.8, 4) is 17.2 Å². The van der Waals surface area contributed by atoms with Crippen molar-refractivity contribution < 1.29 is 18.8 Å². The molecule has 11 heteroatoms. The summed E-state index contributed by atoms with van der Waals surface area (Å²) in [6.07, 6.45) is 4.19. The molecule has 2 aromatic carbocycles. The lowest BCUT2D eigenvalue weighted by Gasteiger charge is -2.30. The first kappa shape index (κ1) is 29.3. The summed E-state index contributed by atoms with van der Waals surface area (Å²) >= 11 is 0. The Kier molecular flexibility index (Phi) is 8.05. The number of fused-ring (bicyclic) bond motifs is 3. The Balaban J connectivity index is 1.21. The van der Waals surface area contributed by atoms with Gasteiger partial charge in [-0.05, 0) is 68.6 Å². The summed E-state index contributed by atoms with van der Waals surface area (Å²) in [5.41, 5.74) is 4.22. The number of aromatic nitrogens is 3. The highest BCUT2D eigenvalue weighted by Gasteiger charge is 2.39. The third-order valence-electron chi connectivity index (χ3n) is 8.41. The molecular formula is C33H37N7O4. The highest BCUT2D eigenvalue weighted by molar-refractivity contribution is 5.96. The predicted octanol–water partition coefficient (Wildman–Crippen LogP) is 4.47. The minimum atomic E-state index is -0.360. The third-order valence-corrected chi connectivity index (χ3v) is 8.41. The molecule has 2 amide bonds. The van der Waals surface area contributed by atoms with Crippen LogP contribution < -0.4 is 20.7 Å².